The number of nitrogens with zero attached hydrogens (tertiary/aromatic N) is 2. The molecule has 4 atom stereocenters. The Kier molecular flexibility index (Phi) is 22.0. The van der Waals surface area contributed by atoms with Crippen molar-refractivity contribution in [2.24, 2.45) is 11.7 Å². The van der Waals surface area contributed by atoms with E-state index in [0.29, 0.717) is 29.5 Å². The highest BCUT2D eigenvalue weighted by atomic mass is 16.6. The maximum atomic E-state index is 12.2. The van der Waals surface area contributed by atoms with E-state index in [9.17, 15) is 28.8 Å². The van der Waals surface area contributed by atoms with E-state index in [1.807, 2.05) is 20.8 Å². The monoisotopic (exact) mass is 588 g/mol. The van der Waals surface area contributed by atoms with Crippen molar-refractivity contribution < 1.29 is 38.2 Å². The van der Waals surface area contributed by atoms with Crippen LogP contribution in [-0.4, -0.2) is 109 Å². The number of carbonyl (C=O) groups excluding carboxylic acids is 6. The van der Waals surface area contributed by atoms with Gasteiger partial charge >= 0.3 is 5.97 Å². The maximum Gasteiger partial charge on any atom is 0.338 e. The number of nitrogens with two attached hydrogens (primary N) is 1. The minimum atomic E-state index is -1.16. The lowest BCUT2D eigenvalue weighted by atomic mass is 10.0. The van der Waals surface area contributed by atoms with Gasteiger partial charge in [-0.25, -0.2) is 9.80 Å². The molecule has 0 aromatic rings. The molecule has 4 unspecified atom stereocenters. The van der Waals surface area contributed by atoms with E-state index in [0.717, 1.165) is 26.2 Å². The smallest absolute Gasteiger partial charge is 0.338 e. The van der Waals surface area contributed by atoms with Gasteiger partial charge in [0.15, 0.2) is 12.2 Å². The number of likely N-dealkylation sites (N-methyl/N-ethyl adjacent to an activating group) is 1. The fourth-order valence-corrected chi connectivity index (χ4v) is 3.27. The number of primary amides is 1. The summed E-state index contributed by atoms with van der Waals surface area (Å²) < 4.78 is 9.60. The Morgan fingerprint density at radius 1 is 0.976 bits per heavy atom. The van der Waals surface area contributed by atoms with Gasteiger partial charge in [-0.2, -0.15) is 0 Å². The first kappa shape index (κ1) is 40.0. The lowest BCUT2D eigenvalue weighted by molar-refractivity contribution is -0.146. The zero-order valence-electron chi connectivity index (χ0n) is 26.2. The number of ether oxygens (including phenoxy) is 2. The first-order chi connectivity index (χ1) is 19.3. The topological polar surface area (TPSA) is 193 Å². The molecule has 1 aliphatic rings. The van der Waals surface area contributed by atoms with Crippen molar-refractivity contribution in [2.75, 3.05) is 39.3 Å². The van der Waals surface area contributed by atoms with Crippen LogP contribution in [0.4, 0.5) is 0 Å². The SMILES string of the molecule is CC.CCN(CC)CCNC(C)C(=O)CC(C)C.CCOC(=O)C1OC1C(=O)N(CC(N)=O)NC(=O)C(C)NC=O. The molecular weight excluding hydrogens is 536 g/mol. The zero-order chi connectivity index (χ0) is 32.1. The molecule has 14 heteroatoms. The minimum Gasteiger partial charge on any atom is -0.464 e. The van der Waals surface area contributed by atoms with Gasteiger partial charge in [0.05, 0.1) is 12.6 Å². The molecule has 0 radical (unpaired) electrons. The third kappa shape index (κ3) is 17.3. The van der Waals surface area contributed by atoms with Crippen molar-refractivity contribution in [3.63, 3.8) is 0 Å². The number of hydrazine groups is 1. The van der Waals surface area contributed by atoms with Crippen molar-refractivity contribution in [1.29, 1.82) is 0 Å². The van der Waals surface area contributed by atoms with E-state index >= 15 is 0 Å². The fourth-order valence-electron chi connectivity index (χ4n) is 3.27. The normalized spacial score (nSPS) is 16.6. The summed E-state index contributed by atoms with van der Waals surface area (Å²) in [6.07, 6.45) is -1.26. The second-order valence-corrected chi connectivity index (χ2v) is 9.37. The molecule has 41 heavy (non-hydrogen) atoms. The molecule has 0 saturated carbocycles. The van der Waals surface area contributed by atoms with Crippen molar-refractivity contribution in [3.05, 3.63) is 0 Å². The van der Waals surface area contributed by atoms with Gasteiger partial charge < -0.3 is 30.7 Å². The quantitative estimate of drug-likeness (QED) is 0.0762. The Balaban J connectivity index is 0. The molecule has 0 spiro atoms. The number of ketones is 1. The van der Waals surface area contributed by atoms with Crippen LogP contribution in [0.2, 0.25) is 0 Å². The predicted molar refractivity (Wildman–Crippen MR) is 154 cm³/mol. The summed E-state index contributed by atoms with van der Waals surface area (Å²) in [6.45, 7) is 21.0. The summed E-state index contributed by atoms with van der Waals surface area (Å²) in [5.74, 6) is -2.39. The molecule has 0 bridgehead atoms. The van der Waals surface area contributed by atoms with E-state index in [4.69, 9.17) is 15.2 Å². The highest BCUT2D eigenvalue weighted by molar-refractivity contribution is 5.96. The molecule has 1 rings (SSSR count). The fraction of sp³-hybridized carbons (Fsp3) is 0.778. The van der Waals surface area contributed by atoms with Gasteiger partial charge in [-0.1, -0.05) is 41.5 Å². The van der Waals surface area contributed by atoms with Crippen LogP contribution in [0.1, 0.15) is 68.7 Å². The summed E-state index contributed by atoms with van der Waals surface area (Å²) >= 11 is 0. The largest absolute Gasteiger partial charge is 0.464 e. The van der Waals surface area contributed by atoms with Gasteiger partial charge in [0.2, 0.25) is 12.3 Å². The second kappa shape index (κ2) is 22.6. The highest BCUT2D eigenvalue weighted by Crippen LogP contribution is 2.25. The molecule has 1 heterocycles. The van der Waals surface area contributed by atoms with Gasteiger partial charge in [-0.05, 0) is 39.8 Å². The summed E-state index contributed by atoms with van der Waals surface area (Å²) in [6, 6.07) is -0.949. The summed E-state index contributed by atoms with van der Waals surface area (Å²) in [7, 11) is 0. The Labute approximate surface area is 244 Å². The van der Waals surface area contributed by atoms with E-state index in [2.05, 4.69) is 48.7 Å². The molecule has 4 amide bonds. The number of amides is 4. The number of Topliss-reactive ketones (excluding diaryl/α,β-unsaturated/α-hetero) is 1. The summed E-state index contributed by atoms with van der Waals surface area (Å²) in [5.41, 5.74) is 7.15. The zero-order valence-corrected chi connectivity index (χ0v) is 26.2. The Morgan fingerprint density at radius 3 is 2.02 bits per heavy atom. The molecule has 0 aliphatic carbocycles. The number of epoxide rings is 1. The van der Waals surface area contributed by atoms with E-state index in [1.54, 1.807) is 6.92 Å². The number of carbonyl (C=O) groups is 6. The number of hydrogen-bond donors (Lipinski definition) is 4. The molecule has 238 valence electrons. The molecule has 0 aromatic heterocycles. The minimum absolute atomic E-state index is 0.00189. The average Bonchev–Trinajstić information content (AvgIpc) is 3.72. The first-order valence-corrected chi connectivity index (χ1v) is 14.2. The lowest BCUT2D eigenvalue weighted by Crippen LogP contribution is -2.55. The highest BCUT2D eigenvalue weighted by Gasteiger charge is 2.53. The van der Waals surface area contributed by atoms with E-state index < -0.39 is 48.5 Å². The van der Waals surface area contributed by atoms with Crippen molar-refractivity contribution in [2.45, 2.75) is 93.0 Å². The lowest BCUT2D eigenvalue weighted by Gasteiger charge is -2.23. The Morgan fingerprint density at radius 2 is 1.56 bits per heavy atom. The Hall–Kier alpha value is -3.10. The first-order valence-electron chi connectivity index (χ1n) is 14.2. The van der Waals surface area contributed by atoms with Crippen molar-refractivity contribution in [1.82, 2.24) is 26.0 Å². The molecule has 14 nitrogen and oxygen atoms in total. The maximum absolute atomic E-state index is 12.2. The third-order valence-corrected chi connectivity index (χ3v) is 5.66. The average molecular weight is 589 g/mol. The van der Waals surface area contributed by atoms with Gasteiger partial charge in [-0.15, -0.1) is 0 Å². The summed E-state index contributed by atoms with van der Waals surface area (Å²) in [5, 5.41) is 6.11. The van der Waals surface area contributed by atoms with Crippen LogP contribution in [0.5, 0.6) is 0 Å². The molecule has 5 N–H and O–H groups in total. The standard InChI is InChI=1S/C13H28N2O.C12H18N4O7.C2H6/c1-6-15(7-2)9-8-14-12(5)13(16)10-11(3)4;1-3-22-12(21)9-8(23-9)11(20)16(4-7(13)18)15-10(19)6(2)14-5-17;1-2/h11-12,14H,6-10H2,1-5H3;5-6,8-9H,3-4H2,1-2H3,(H2,13,18)(H,14,17)(H,15,19);1-2H3. The van der Waals surface area contributed by atoms with Crippen LogP contribution >= 0.6 is 0 Å². The number of nitrogens with one attached hydrogen (secondary N) is 3. The van der Waals surface area contributed by atoms with Crippen molar-refractivity contribution >= 4 is 35.9 Å². The summed E-state index contributed by atoms with van der Waals surface area (Å²) in [4.78, 5) is 70.7. The van der Waals surface area contributed by atoms with E-state index in [-0.39, 0.29) is 12.6 Å². The van der Waals surface area contributed by atoms with Crippen molar-refractivity contribution in [3.8, 4) is 0 Å². The van der Waals surface area contributed by atoms with Gasteiger partial charge in [-0.3, -0.25) is 29.4 Å². The van der Waals surface area contributed by atoms with Gasteiger partial charge in [0.1, 0.15) is 18.4 Å². The second-order valence-electron chi connectivity index (χ2n) is 9.37. The predicted octanol–water partition coefficient (Wildman–Crippen LogP) is -0.256. The number of esters is 1. The Bertz CT molecular complexity index is 822. The third-order valence-electron chi connectivity index (χ3n) is 5.66. The number of rotatable bonds is 17. The van der Waals surface area contributed by atoms with E-state index in [1.165, 1.54) is 6.92 Å². The van der Waals surface area contributed by atoms with Crippen LogP contribution in [-0.2, 0) is 38.2 Å². The van der Waals surface area contributed by atoms with Crippen LogP contribution in [0, 0.1) is 5.92 Å². The molecule has 1 saturated heterocycles. The van der Waals surface area contributed by atoms with Gasteiger partial charge in [0, 0.05) is 19.5 Å². The van der Waals surface area contributed by atoms with Crippen LogP contribution in [0.3, 0.4) is 0 Å². The molecule has 0 aromatic carbocycles. The number of hydrogen-bond acceptors (Lipinski definition) is 10. The van der Waals surface area contributed by atoms with Crippen LogP contribution < -0.4 is 21.8 Å². The van der Waals surface area contributed by atoms with Crippen LogP contribution in [0.15, 0.2) is 0 Å². The molecular formula is C27H52N6O8. The molecule has 1 fully saturated rings. The van der Waals surface area contributed by atoms with Crippen LogP contribution in [0.25, 0.3) is 0 Å². The van der Waals surface area contributed by atoms with Gasteiger partial charge in [0.25, 0.3) is 11.8 Å². The molecule has 1 aliphatic heterocycles.